The van der Waals surface area contributed by atoms with Crippen LogP contribution in [0.25, 0.3) is 0 Å². The van der Waals surface area contributed by atoms with Crippen molar-refractivity contribution < 1.29 is 47.1 Å². The Hall–Kier alpha value is -1.70. The van der Waals surface area contributed by atoms with E-state index < -0.39 is 11.9 Å². The van der Waals surface area contributed by atoms with Gasteiger partial charge in [-0.05, 0) is 59.1 Å². The summed E-state index contributed by atoms with van der Waals surface area (Å²) in [6.45, 7) is 8.31. The van der Waals surface area contributed by atoms with Crippen LogP contribution in [0.5, 0.6) is 0 Å². The van der Waals surface area contributed by atoms with Gasteiger partial charge in [-0.1, -0.05) is 64.1 Å². The fraction of sp³-hybridized carbons (Fsp3) is 0.364. The molecular formula is C22H26CdO4. The third-order valence-electron chi connectivity index (χ3n) is 4.61. The molecule has 0 N–H and O–H groups in total. The third kappa shape index (κ3) is 8.24. The van der Waals surface area contributed by atoms with Gasteiger partial charge in [0.15, 0.2) is 0 Å². The van der Waals surface area contributed by atoms with Crippen molar-refractivity contribution in [3.63, 3.8) is 0 Å². The molecule has 0 fully saturated rings. The SMILES string of the molecule is CCC(C)c1cccc(C(=O)[O-])c1.CCC(C)c1cccc(C(=O)[O-])c1.[Cd+2]. The maximum absolute atomic E-state index is 10.6. The summed E-state index contributed by atoms with van der Waals surface area (Å²) < 4.78 is 0. The van der Waals surface area contributed by atoms with Gasteiger partial charge in [-0.15, -0.1) is 0 Å². The zero-order chi connectivity index (χ0) is 19.7. The van der Waals surface area contributed by atoms with Crippen molar-refractivity contribution in [3.05, 3.63) is 70.8 Å². The van der Waals surface area contributed by atoms with Crippen LogP contribution in [-0.2, 0) is 27.3 Å². The molecule has 0 radical (unpaired) electrons. The average molecular weight is 467 g/mol. The zero-order valence-electron chi connectivity index (χ0n) is 16.5. The Balaban J connectivity index is 0.000000483. The molecule has 0 aliphatic rings. The van der Waals surface area contributed by atoms with Crippen LogP contribution >= 0.6 is 0 Å². The average Bonchev–Trinajstić information content (AvgIpc) is 2.67. The van der Waals surface area contributed by atoms with Gasteiger partial charge in [-0.25, -0.2) is 0 Å². The van der Waals surface area contributed by atoms with E-state index in [4.69, 9.17) is 0 Å². The molecule has 0 aliphatic heterocycles. The minimum atomic E-state index is -1.11. The van der Waals surface area contributed by atoms with E-state index in [2.05, 4.69) is 27.7 Å². The summed E-state index contributed by atoms with van der Waals surface area (Å²) in [7, 11) is 0. The van der Waals surface area contributed by atoms with Crippen molar-refractivity contribution >= 4 is 11.9 Å². The molecule has 5 heteroatoms. The van der Waals surface area contributed by atoms with Crippen LogP contribution in [0.15, 0.2) is 48.5 Å². The first-order chi connectivity index (χ1) is 12.3. The largest absolute Gasteiger partial charge is 2.00 e. The maximum Gasteiger partial charge on any atom is 2.00 e. The van der Waals surface area contributed by atoms with Crippen molar-refractivity contribution in [2.75, 3.05) is 0 Å². The summed E-state index contributed by atoms with van der Waals surface area (Å²) in [5, 5.41) is 21.1. The number of carboxylic acids is 2. The molecule has 0 aliphatic carbocycles. The molecule has 0 spiro atoms. The predicted molar refractivity (Wildman–Crippen MR) is 99.0 cm³/mol. The molecule has 2 rings (SSSR count). The van der Waals surface area contributed by atoms with Gasteiger partial charge in [-0.3, -0.25) is 0 Å². The summed E-state index contributed by atoms with van der Waals surface area (Å²) in [6, 6.07) is 13.9. The Morgan fingerprint density at radius 1 is 0.778 bits per heavy atom. The second-order valence-electron chi connectivity index (χ2n) is 6.44. The van der Waals surface area contributed by atoms with Crippen LogP contribution in [0, 0.1) is 0 Å². The number of aromatic carboxylic acids is 2. The van der Waals surface area contributed by atoms with Crippen LogP contribution in [0.4, 0.5) is 0 Å². The van der Waals surface area contributed by atoms with Crippen LogP contribution < -0.4 is 10.2 Å². The fourth-order valence-electron chi connectivity index (χ4n) is 2.42. The fourth-order valence-corrected chi connectivity index (χ4v) is 2.42. The van der Waals surface area contributed by atoms with E-state index in [1.54, 1.807) is 36.4 Å². The van der Waals surface area contributed by atoms with Gasteiger partial charge in [0.2, 0.25) is 0 Å². The van der Waals surface area contributed by atoms with Gasteiger partial charge in [0, 0.05) is 0 Å². The molecule has 0 saturated carbocycles. The molecule has 2 aromatic carbocycles. The number of rotatable bonds is 6. The number of benzene rings is 2. The van der Waals surface area contributed by atoms with Crippen LogP contribution in [0.2, 0.25) is 0 Å². The quantitative estimate of drug-likeness (QED) is 0.613. The summed E-state index contributed by atoms with van der Waals surface area (Å²) >= 11 is 0. The normalized spacial score (nSPS) is 12.0. The van der Waals surface area contributed by atoms with Crippen molar-refractivity contribution in [3.8, 4) is 0 Å². The Morgan fingerprint density at radius 2 is 1.11 bits per heavy atom. The Kier molecular flexibility index (Phi) is 11.9. The first-order valence-electron chi connectivity index (χ1n) is 8.92. The smallest absolute Gasteiger partial charge is 0.545 e. The number of carbonyl (C=O) groups is 2. The summed E-state index contributed by atoms with van der Waals surface area (Å²) in [4.78, 5) is 21.1. The zero-order valence-corrected chi connectivity index (χ0v) is 20.6. The van der Waals surface area contributed by atoms with E-state index in [1.807, 2.05) is 12.1 Å². The van der Waals surface area contributed by atoms with E-state index in [1.165, 1.54) is 0 Å². The molecule has 140 valence electrons. The van der Waals surface area contributed by atoms with Gasteiger partial charge in [0.1, 0.15) is 0 Å². The number of carbonyl (C=O) groups excluding carboxylic acids is 2. The molecule has 0 bridgehead atoms. The molecule has 2 atom stereocenters. The van der Waals surface area contributed by atoms with Crippen molar-refractivity contribution in [1.29, 1.82) is 0 Å². The summed E-state index contributed by atoms with van der Waals surface area (Å²) in [6.07, 6.45) is 2.02. The van der Waals surface area contributed by atoms with Gasteiger partial charge >= 0.3 is 27.3 Å². The van der Waals surface area contributed by atoms with Gasteiger partial charge in [0.05, 0.1) is 11.9 Å². The van der Waals surface area contributed by atoms with Crippen LogP contribution in [-0.4, -0.2) is 11.9 Å². The number of hydrogen-bond acceptors (Lipinski definition) is 4. The Labute approximate surface area is 181 Å². The first kappa shape index (κ1) is 25.3. The van der Waals surface area contributed by atoms with E-state index in [0.717, 1.165) is 24.0 Å². The molecular weight excluding hydrogens is 441 g/mol. The second kappa shape index (κ2) is 12.6. The van der Waals surface area contributed by atoms with Crippen LogP contribution in [0.1, 0.15) is 84.2 Å². The molecule has 27 heavy (non-hydrogen) atoms. The first-order valence-corrected chi connectivity index (χ1v) is 8.92. The molecule has 0 saturated heterocycles. The molecule has 0 heterocycles. The van der Waals surface area contributed by atoms with Gasteiger partial charge in [0.25, 0.3) is 0 Å². The van der Waals surface area contributed by atoms with Crippen molar-refractivity contribution in [1.82, 2.24) is 0 Å². The Bertz CT molecular complexity index is 679. The molecule has 2 unspecified atom stereocenters. The summed E-state index contributed by atoms with van der Waals surface area (Å²) in [5.74, 6) is -1.41. The van der Waals surface area contributed by atoms with Crippen LogP contribution in [0.3, 0.4) is 0 Å². The number of carboxylic acid groups (broad SMARTS) is 2. The monoisotopic (exact) mass is 468 g/mol. The molecule has 0 aromatic heterocycles. The van der Waals surface area contributed by atoms with E-state index in [9.17, 15) is 19.8 Å². The molecule has 4 nitrogen and oxygen atoms in total. The molecule has 0 amide bonds. The maximum atomic E-state index is 10.6. The predicted octanol–water partition coefficient (Wildman–Crippen LogP) is 3.12. The van der Waals surface area contributed by atoms with Crippen molar-refractivity contribution in [2.24, 2.45) is 0 Å². The minimum Gasteiger partial charge on any atom is -0.545 e. The van der Waals surface area contributed by atoms with E-state index >= 15 is 0 Å². The topological polar surface area (TPSA) is 80.3 Å². The standard InChI is InChI=1S/2C11H14O2.Cd/c2*1-3-8(2)9-5-4-6-10(7-9)11(12)13;/h2*4-8H,3H2,1-2H3,(H,12,13);/q;;+2/p-2. The van der Waals surface area contributed by atoms with E-state index in [-0.39, 0.29) is 38.4 Å². The van der Waals surface area contributed by atoms with Gasteiger partial charge in [-0.2, -0.15) is 0 Å². The summed E-state index contributed by atoms with van der Waals surface area (Å²) in [5.41, 5.74) is 2.64. The Morgan fingerprint density at radius 3 is 1.37 bits per heavy atom. The third-order valence-corrected chi connectivity index (χ3v) is 4.61. The molecule has 2 aromatic rings. The minimum absolute atomic E-state index is 0. The second-order valence-corrected chi connectivity index (χ2v) is 6.44. The van der Waals surface area contributed by atoms with Gasteiger partial charge < -0.3 is 19.8 Å². The van der Waals surface area contributed by atoms with E-state index in [0.29, 0.717) is 11.8 Å². The van der Waals surface area contributed by atoms with Crippen molar-refractivity contribution in [2.45, 2.75) is 52.4 Å². The number of hydrogen-bond donors (Lipinski definition) is 0.